The van der Waals surface area contributed by atoms with E-state index in [1.165, 1.54) is 12.1 Å². The molecule has 0 bridgehead atoms. The number of likely N-dealkylation sites (tertiary alicyclic amines) is 1. The zero-order valence-corrected chi connectivity index (χ0v) is 20.6. The number of anilines is 1. The lowest BCUT2D eigenvalue weighted by Gasteiger charge is -2.27. The summed E-state index contributed by atoms with van der Waals surface area (Å²) in [6, 6.07) is 17.4. The van der Waals surface area contributed by atoms with Gasteiger partial charge in [-0.2, -0.15) is 0 Å². The smallest absolute Gasteiger partial charge is 0.261 e. The van der Waals surface area contributed by atoms with E-state index < -0.39 is 10.0 Å². The lowest BCUT2D eigenvalue weighted by molar-refractivity contribution is 0.0735. The largest absolute Gasteiger partial charge is 0.486 e. The first-order valence-electron chi connectivity index (χ1n) is 11.7. The number of benzene rings is 3. The third kappa shape index (κ3) is 4.58. The number of ether oxygens (including phenoxy) is 2. The molecule has 1 N–H and O–H groups in total. The molecule has 3 aromatic rings. The van der Waals surface area contributed by atoms with E-state index in [9.17, 15) is 13.2 Å². The fourth-order valence-corrected chi connectivity index (χ4v) is 5.75. The van der Waals surface area contributed by atoms with Crippen LogP contribution in [-0.4, -0.2) is 39.0 Å². The minimum absolute atomic E-state index is 0.0623. The number of amides is 1. The molecule has 2 aliphatic heterocycles. The standard InChI is InChI=1S/C27H28N2O5S/c1-18-5-3-6-23(19(18)2)28-35(31,32)22-11-8-20(9-12-22)27(30)29-14-4-7-24(29)21-10-13-25-26(17-21)34-16-15-33-25/h3,5-6,8-13,17,24,28H,4,7,14-16H2,1-2H3. The summed E-state index contributed by atoms with van der Waals surface area (Å²) in [6.45, 7) is 5.50. The SMILES string of the molecule is Cc1cccc(NS(=O)(=O)c2ccc(C(=O)N3CCCC3c3ccc4c(c3)OCCO4)cc2)c1C. The van der Waals surface area contributed by atoms with E-state index in [1.54, 1.807) is 18.2 Å². The van der Waals surface area contributed by atoms with E-state index in [-0.39, 0.29) is 16.8 Å². The lowest BCUT2D eigenvalue weighted by atomic mass is 10.0. The van der Waals surface area contributed by atoms with E-state index in [4.69, 9.17) is 9.47 Å². The Morgan fingerprint density at radius 1 is 0.971 bits per heavy atom. The number of nitrogens with one attached hydrogen (secondary N) is 1. The molecule has 1 saturated heterocycles. The fraction of sp³-hybridized carbons (Fsp3) is 0.296. The van der Waals surface area contributed by atoms with Crippen molar-refractivity contribution in [1.29, 1.82) is 0 Å². The van der Waals surface area contributed by atoms with Crippen molar-refractivity contribution < 1.29 is 22.7 Å². The molecule has 1 unspecified atom stereocenters. The predicted octanol–water partition coefficient (Wildman–Crippen LogP) is 4.85. The van der Waals surface area contributed by atoms with Crippen LogP contribution in [-0.2, 0) is 10.0 Å². The molecule has 0 aromatic heterocycles. The topological polar surface area (TPSA) is 84.9 Å². The van der Waals surface area contributed by atoms with Crippen LogP contribution in [0, 0.1) is 13.8 Å². The predicted molar refractivity (Wildman–Crippen MR) is 134 cm³/mol. The summed E-state index contributed by atoms with van der Waals surface area (Å²) >= 11 is 0. The Kier molecular flexibility index (Phi) is 6.15. The van der Waals surface area contributed by atoms with Crippen LogP contribution in [0.3, 0.4) is 0 Å². The van der Waals surface area contributed by atoms with Crippen LogP contribution in [0.15, 0.2) is 65.6 Å². The van der Waals surface area contributed by atoms with Crippen molar-refractivity contribution in [1.82, 2.24) is 4.90 Å². The molecule has 5 rings (SSSR count). The summed E-state index contributed by atoms with van der Waals surface area (Å²) in [6.07, 6.45) is 1.76. The van der Waals surface area contributed by atoms with Crippen molar-refractivity contribution >= 4 is 21.6 Å². The molecule has 8 heteroatoms. The van der Waals surface area contributed by atoms with E-state index >= 15 is 0 Å². The number of aryl methyl sites for hydroxylation is 1. The minimum atomic E-state index is -3.78. The molecule has 1 atom stereocenters. The highest BCUT2D eigenvalue weighted by Gasteiger charge is 2.31. The number of rotatable bonds is 5. The van der Waals surface area contributed by atoms with Gasteiger partial charge in [0, 0.05) is 12.1 Å². The number of nitrogens with zero attached hydrogens (tertiary/aromatic N) is 1. The summed E-state index contributed by atoms with van der Waals surface area (Å²) < 4.78 is 39.8. The Morgan fingerprint density at radius 3 is 2.49 bits per heavy atom. The molecule has 0 radical (unpaired) electrons. The summed E-state index contributed by atoms with van der Waals surface area (Å²) in [7, 11) is -3.78. The van der Waals surface area contributed by atoms with Gasteiger partial charge in [0.05, 0.1) is 16.6 Å². The van der Waals surface area contributed by atoms with Gasteiger partial charge in [-0.05, 0) is 85.8 Å². The van der Waals surface area contributed by atoms with Crippen molar-refractivity contribution in [2.75, 3.05) is 24.5 Å². The fourth-order valence-electron chi connectivity index (χ4n) is 4.63. The third-order valence-corrected chi connectivity index (χ3v) is 8.11. The monoisotopic (exact) mass is 492 g/mol. The molecule has 1 amide bonds. The maximum atomic E-state index is 13.4. The summed E-state index contributed by atoms with van der Waals surface area (Å²) in [5.41, 5.74) is 3.90. The number of carbonyl (C=O) groups excluding carboxylic acids is 1. The first-order chi connectivity index (χ1) is 16.8. The Morgan fingerprint density at radius 2 is 1.71 bits per heavy atom. The molecule has 7 nitrogen and oxygen atoms in total. The average Bonchev–Trinajstić information content (AvgIpc) is 3.36. The Balaban J connectivity index is 1.34. The van der Waals surface area contributed by atoms with Crippen molar-refractivity contribution in [3.63, 3.8) is 0 Å². The van der Waals surface area contributed by atoms with Gasteiger partial charge in [0.25, 0.3) is 15.9 Å². The quantitative estimate of drug-likeness (QED) is 0.550. The van der Waals surface area contributed by atoms with Crippen LogP contribution in [0.5, 0.6) is 11.5 Å². The van der Waals surface area contributed by atoms with Gasteiger partial charge in [0.2, 0.25) is 0 Å². The summed E-state index contributed by atoms with van der Waals surface area (Å²) in [4.78, 5) is 15.3. The molecule has 0 aliphatic carbocycles. The maximum Gasteiger partial charge on any atom is 0.261 e. The second-order valence-corrected chi connectivity index (χ2v) is 10.6. The molecular formula is C27H28N2O5S. The highest BCUT2D eigenvalue weighted by Crippen LogP contribution is 2.38. The lowest BCUT2D eigenvalue weighted by Crippen LogP contribution is -2.30. The van der Waals surface area contributed by atoms with E-state index in [2.05, 4.69) is 4.72 Å². The summed E-state index contributed by atoms with van der Waals surface area (Å²) in [5.74, 6) is 1.31. The first kappa shape index (κ1) is 23.2. The molecular weight excluding hydrogens is 464 g/mol. The van der Waals surface area contributed by atoms with Crippen LogP contribution >= 0.6 is 0 Å². The zero-order valence-electron chi connectivity index (χ0n) is 19.8. The molecule has 1 fully saturated rings. The van der Waals surface area contributed by atoms with Gasteiger partial charge in [0.15, 0.2) is 11.5 Å². The maximum absolute atomic E-state index is 13.4. The average molecular weight is 493 g/mol. The van der Waals surface area contributed by atoms with Gasteiger partial charge < -0.3 is 14.4 Å². The summed E-state index contributed by atoms with van der Waals surface area (Å²) in [5, 5.41) is 0. The molecule has 2 heterocycles. The normalized spacial score (nSPS) is 17.3. The van der Waals surface area contributed by atoms with Gasteiger partial charge in [-0.3, -0.25) is 9.52 Å². The second kappa shape index (κ2) is 9.26. The number of carbonyl (C=O) groups is 1. The first-order valence-corrected chi connectivity index (χ1v) is 13.2. The van der Waals surface area contributed by atoms with Crippen molar-refractivity contribution in [3.05, 3.63) is 82.9 Å². The van der Waals surface area contributed by atoms with Crippen LogP contribution in [0.4, 0.5) is 5.69 Å². The van der Waals surface area contributed by atoms with Crippen LogP contribution in [0.25, 0.3) is 0 Å². The number of hydrogen-bond acceptors (Lipinski definition) is 5. The third-order valence-electron chi connectivity index (χ3n) is 6.73. The van der Waals surface area contributed by atoms with E-state index in [0.717, 1.165) is 35.3 Å². The van der Waals surface area contributed by atoms with Crippen LogP contribution in [0.1, 0.15) is 45.9 Å². The van der Waals surface area contributed by atoms with Crippen LogP contribution in [0.2, 0.25) is 0 Å². The van der Waals surface area contributed by atoms with Gasteiger partial charge in [0.1, 0.15) is 13.2 Å². The molecule has 3 aromatic carbocycles. The highest BCUT2D eigenvalue weighted by atomic mass is 32.2. The molecule has 35 heavy (non-hydrogen) atoms. The Labute approximate surface area is 205 Å². The van der Waals surface area contributed by atoms with E-state index in [0.29, 0.717) is 36.8 Å². The van der Waals surface area contributed by atoms with Gasteiger partial charge >= 0.3 is 0 Å². The molecule has 0 spiro atoms. The second-order valence-electron chi connectivity index (χ2n) is 8.94. The van der Waals surface area contributed by atoms with Gasteiger partial charge in [-0.1, -0.05) is 18.2 Å². The van der Waals surface area contributed by atoms with Crippen LogP contribution < -0.4 is 14.2 Å². The minimum Gasteiger partial charge on any atom is -0.486 e. The molecule has 2 aliphatic rings. The van der Waals surface area contributed by atoms with Crippen molar-refractivity contribution in [3.8, 4) is 11.5 Å². The number of sulfonamides is 1. The highest BCUT2D eigenvalue weighted by molar-refractivity contribution is 7.92. The van der Waals surface area contributed by atoms with Gasteiger partial charge in [-0.25, -0.2) is 8.42 Å². The molecule has 0 saturated carbocycles. The van der Waals surface area contributed by atoms with Crippen molar-refractivity contribution in [2.24, 2.45) is 0 Å². The van der Waals surface area contributed by atoms with E-state index in [1.807, 2.05) is 49.1 Å². The molecule has 182 valence electrons. The van der Waals surface area contributed by atoms with Gasteiger partial charge in [-0.15, -0.1) is 0 Å². The Hall–Kier alpha value is -3.52. The number of hydrogen-bond donors (Lipinski definition) is 1. The Bertz CT molecular complexity index is 1370. The zero-order chi connectivity index (χ0) is 24.6. The number of fused-ring (bicyclic) bond motifs is 1. The van der Waals surface area contributed by atoms with Crippen molar-refractivity contribution in [2.45, 2.75) is 37.6 Å².